The molecule has 25 heavy (non-hydrogen) atoms. The van der Waals surface area contributed by atoms with Gasteiger partial charge in [-0.2, -0.15) is 0 Å². The summed E-state index contributed by atoms with van der Waals surface area (Å²) in [6.45, 7) is 6.70. The van der Waals surface area contributed by atoms with Gasteiger partial charge in [-0.3, -0.25) is 14.6 Å². The molecule has 2 amide bonds. The number of carbonyl (C=O) groups is 2. The Hall–Kier alpha value is -2.69. The lowest BCUT2D eigenvalue weighted by molar-refractivity contribution is 0.0953. The second kappa shape index (κ2) is 8.97. The predicted octanol–water partition coefficient (Wildman–Crippen LogP) is 3.73. The maximum absolute atomic E-state index is 12.6. The average Bonchev–Trinajstić information content (AvgIpc) is 2.63. The van der Waals surface area contributed by atoms with E-state index >= 15 is 0 Å². The molecule has 0 bridgehead atoms. The predicted molar refractivity (Wildman–Crippen MR) is 100.0 cm³/mol. The van der Waals surface area contributed by atoms with E-state index in [1.165, 1.54) is 12.4 Å². The summed E-state index contributed by atoms with van der Waals surface area (Å²) in [5.41, 5.74) is 3.68. The van der Waals surface area contributed by atoms with Crippen LogP contribution in [0.2, 0.25) is 0 Å². The minimum absolute atomic E-state index is 0.208. The molecule has 0 aliphatic carbocycles. The fraction of sp³-hybridized carbons (Fsp3) is 0.350. The molecule has 0 radical (unpaired) electrons. The van der Waals surface area contributed by atoms with Gasteiger partial charge in [0.15, 0.2) is 0 Å². The smallest absolute Gasteiger partial charge is 0.257 e. The minimum Gasteiger partial charge on any atom is -0.352 e. The molecule has 5 nitrogen and oxygen atoms in total. The van der Waals surface area contributed by atoms with Gasteiger partial charge < -0.3 is 10.6 Å². The first-order chi connectivity index (χ1) is 12.1. The Morgan fingerprint density at radius 2 is 1.80 bits per heavy atom. The third-order valence-electron chi connectivity index (χ3n) is 4.06. The number of rotatable bonds is 7. The summed E-state index contributed by atoms with van der Waals surface area (Å²) in [5, 5.41) is 5.79. The highest BCUT2D eigenvalue weighted by Crippen LogP contribution is 2.21. The topological polar surface area (TPSA) is 71.1 Å². The zero-order chi connectivity index (χ0) is 18.2. The number of hydrogen-bond acceptors (Lipinski definition) is 3. The summed E-state index contributed by atoms with van der Waals surface area (Å²) in [6.07, 6.45) is 5.71. The highest BCUT2D eigenvalue weighted by Gasteiger charge is 2.13. The molecule has 1 aromatic carbocycles. The SMILES string of the molecule is CCCCNC(=O)c1cncc(C(=O)Nc2c(C)cccc2CC)c1. The molecule has 2 rings (SSSR count). The molecule has 0 atom stereocenters. The summed E-state index contributed by atoms with van der Waals surface area (Å²) < 4.78 is 0. The third kappa shape index (κ3) is 4.89. The number of hydrogen-bond donors (Lipinski definition) is 2. The minimum atomic E-state index is -0.264. The van der Waals surface area contributed by atoms with Crippen molar-refractivity contribution in [1.29, 1.82) is 0 Å². The second-order valence-electron chi connectivity index (χ2n) is 5.99. The van der Waals surface area contributed by atoms with E-state index in [1.807, 2.05) is 32.0 Å². The van der Waals surface area contributed by atoms with Gasteiger partial charge in [0.25, 0.3) is 11.8 Å². The maximum atomic E-state index is 12.6. The molecule has 0 spiro atoms. The molecule has 0 saturated heterocycles. The molecule has 5 heteroatoms. The number of anilines is 1. The van der Waals surface area contributed by atoms with Crippen LogP contribution in [0.15, 0.2) is 36.7 Å². The molecule has 0 aliphatic rings. The summed E-state index contributed by atoms with van der Waals surface area (Å²) >= 11 is 0. The van der Waals surface area contributed by atoms with E-state index < -0.39 is 0 Å². The van der Waals surface area contributed by atoms with Crippen molar-refractivity contribution in [2.75, 3.05) is 11.9 Å². The van der Waals surface area contributed by atoms with Crippen LogP contribution in [0.3, 0.4) is 0 Å². The fourth-order valence-corrected chi connectivity index (χ4v) is 2.56. The Morgan fingerprint density at radius 3 is 2.48 bits per heavy atom. The zero-order valence-corrected chi connectivity index (χ0v) is 15.1. The van der Waals surface area contributed by atoms with Crippen molar-refractivity contribution >= 4 is 17.5 Å². The summed E-state index contributed by atoms with van der Waals surface area (Å²) in [4.78, 5) is 28.8. The van der Waals surface area contributed by atoms with Gasteiger partial charge in [0.1, 0.15) is 0 Å². The molecule has 2 N–H and O–H groups in total. The lowest BCUT2D eigenvalue weighted by atomic mass is 10.1. The van der Waals surface area contributed by atoms with E-state index in [-0.39, 0.29) is 11.8 Å². The van der Waals surface area contributed by atoms with Crippen molar-refractivity contribution in [2.24, 2.45) is 0 Å². The first-order valence-electron chi connectivity index (χ1n) is 8.69. The molecule has 0 saturated carbocycles. The maximum Gasteiger partial charge on any atom is 0.257 e. The number of nitrogens with zero attached hydrogens (tertiary/aromatic N) is 1. The molecule has 0 fully saturated rings. The van der Waals surface area contributed by atoms with Crippen LogP contribution in [0, 0.1) is 6.92 Å². The van der Waals surface area contributed by atoms with E-state index in [4.69, 9.17) is 0 Å². The largest absolute Gasteiger partial charge is 0.352 e. The van der Waals surface area contributed by atoms with Gasteiger partial charge in [-0.05, 0) is 37.0 Å². The number of pyridine rings is 1. The van der Waals surface area contributed by atoms with E-state index in [0.29, 0.717) is 17.7 Å². The highest BCUT2D eigenvalue weighted by molar-refractivity contribution is 6.06. The summed E-state index contributed by atoms with van der Waals surface area (Å²) in [7, 11) is 0. The standard InChI is InChI=1S/C20H25N3O2/c1-4-6-10-22-19(24)16-11-17(13-21-12-16)20(25)23-18-14(3)8-7-9-15(18)5-2/h7-9,11-13H,4-6,10H2,1-3H3,(H,22,24)(H,23,25). The van der Waals surface area contributed by atoms with Crippen molar-refractivity contribution in [3.63, 3.8) is 0 Å². The number of para-hydroxylation sites is 1. The van der Waals surface area contributed by atoms with Gasteiger partial charge in [0.2, 0.25) is 0 Å². The molecule has 1 aromatic heterocycles. The summed E-state index contributed by atoms with van der Waals surface area (Å²) in [6, 6.07) is 7.52. The molecular formula is C20H25N3O2. The van der Waals surface area contributed by atoms with Gasteiger partial charge in [-0.15, -0.1) is 0 Å². The van der Waals surface area contributed by atoms with E-state index in [9.17, 15) is 9.59 Å². The van der Waals surface area contributed by atoms with E-state index in [2.05, 4.69) is 22.5 Å². The van der Waals surface area contributed by atoms with E-state index in [0.717, 1.165) is 36.1 Å². The summed E-state index contributed by atoms with van der Waals surface area (Å²) in [5.74, 6) is -0.472. The Morgan fingerprint density at radius 1 is 1.08 bits per heavy atom. The van der Waals surface area contributed by atoms with Crippen LogP contribution in [0.1, 0.15) is 58.5 Å². The highest BCUT2D eigenvalue weighted by atomic mass is 16.2. The van der Waals surface area contributed by atoms with Crippen LogP contribution >= 0.6 is 0 Å². The lowest BCUT2D eigenvalue weighted by Crippen LogP contribution is -2.25. The number of aromatic nitrogens is 1. The fourth-order valence-electron chi connectivity index (χ4n) is 2.56. The van der Waals surface area contributed by atoms with Crippen molar-refractivity contribution in [2.45, 2.75) is 40.0 Å². The second-order valence-corrected chi connectivity index (χ2v) is 5.99. The molecule has 2 aromatic rings. The third-order valence-corrected chi connectivity index (χ3v) is 4.06. The first-order valence-corrected chi connectivity index (χ1v) is 8.69. The lowest BCUT2D eigenvalue weighted by Gasteiger charge is -2.13. The van der Waals surface area contributed by atoms with Crippen LogP contribution in [0.5, 0.6) is 0 Å². The van der Waals surface area contributed by atoms with Gasteiger partial charge in [-0.25, -0.2) is 0 Å². The van der Waals surface area contributed by atoms with Gasteiger partial charge in [0, 0.05) is 24.6 Å². The van der Waals surface area contributed by atoms with Crippen LogP contribution in [-0.2, 0) is 6.42 Å². The average molecular weight is 339 g/mol. The Kier molecular flexibility index (Phi) is 6.69. The zero-order valence-electron chi connectivity index (χ0n) is 15.1. The molecular weight excluding hydrogens is 314 g/mol. The van der Waals surface area contributed by atoms with Gasteiger partial charge in [-0.1, -0.05) is 38.5 Å². The number of amides is 2. The molecule has 132 valence electrons. The van der Waals surface area contributed by atoms with Crippen molar-refractivity contribution in [3.05, 3.63) is 58.9 Å². The molecule has 0 aliphatic heterocycles. The number of nitrogens with one attached hydrogen (secondary N) is 2. The first kappa shape index (κ1) is 18.6. The van der Waals surface area contributed by atoms with Gasteiger partial charge in [0.05, 0.1) is 11.1 Å². The van der Waals surface area contributed by atoms with Crippen LogP contribution in [-0.4, -0.2) is 23.3 Å². The van der Waals surface area contributed by atoms with E-state index in [1.54, 1.807) is 6.07 Å². The van der Waals surface area contributed by atoms with Crippen LogP contribution < -0.4 is 10.6 Å². The number of carbonyl (C=O) groups excluding carboxylic acids is 2. The number of aryl methyl sites for hydroxylation is 2. The molecule has 0 unspecified atom stereocenters. The Bertz CT molecular complexity index is 756. The van der Waals surface area contributed by atoms with Gasteiger partial charge >= 0.3 is 0 Å². The quantitative estimate of drug-likeness (QED) is 0.755. The monoisotopic (exact) mass is 339 g/mol. The molecule has 1 heterocycles. The normalized spacial score (nSPS) is 10.4. The van der Waals surface area contributed by atoms with Crippen molar-refractivity contribution < 1.29 is 9.59 Å². The Balaban J connectivity index is 2.15. The van der Waals surface area contributed by atoms with Crippen LogP contribution in [0.25, 0.3) is 0 Å². The van der Waals surface area contributed by atoms with Crippen molar-refractivity contribution in [3.8, 4) is 0 Å². The van der Waals surface area contributed by atoms with Crippen LogP contribution in [0.4, 0.5) is 5.69 Å². The van der Waals surface area contributed by atoms with Crippen molar-refractivity contribution in [1.82, 2.24) is 10.3 Å². The number of unbranched alkanes of at least 4 members (excludes halogenated alkanes) is 1. The Labute approximate surface area is 148 Å². The number of benzene rings is 1.